The van der Waals surface area contributed by atoms with Gasteiger partial charge in [0.25, 0.3) is 0 Å². The Morgan fingerprint density at radius 2 is 1.87 bits per heavy atom. The number of ether oxygens (including phenoxy) is 1. The molecule has 1 aliphatic rings. The number of piperazine rings is 1. The van der Waals surface area contributed by atoms with Gasteiger partial charge >= 0.3 is 5.97 Å². The second-order valence-corrected chi connectivity index (χ2v) is 7.72. The van der Waals surface area contributed by atoms with Crippen LogP contribution < -0.4 is 4.90 Å². The smallest absolute Gasteiger partial charge is 0.335 e. The van der Waals surface area contributed by atoms with Crippen LogP contribution >= 0.6 is 0 Å². The van der Waals surface area contributed by atoms with E-state index >= 15 is 0 Å². The summed E-state index contributed by atoms with van der Waals surface area (Å²) in [7, 11) is 1.74. The molecule has 2 aromatic carbocycles. The lowest BCUT2D eigenvalue weighted by Crippen LogP contribution is -2.50. The SMILES string of the molecule is COC(C)N1CCN(c2cccc(-n3c(CCO)nc4cc(C(=O)O)ccc43)c2)CC1. The molecule has 0 saturated carbocycles. The zero-order chi connectivity index (χ0) is 22.0. The van der Waals surface area contributed by atoms with Crippen LogP contribution in [0.3, 0.4) is 0 Å². The number of hydrogen-bond acceptors (Lipinski definition) is 6. The number of carboxylic acids is 1. The van der Waals surface area contributed by atoms with Crippen LogP contribution in [0, 0.1) is 0 Å². The summed E-state index contributed by atoms with van der Waals surface area (Å²) in [5.74, 6) is -0.278. The minimum Gasteiger partial charge on any atom is -0.478 e. The Labute approximate surface area is 181 Å². The first kappa shape index (κ1) is 21.3. The number of rotatable bonds is 7. The fraction of sp³-hybridized carbons (Fsp3) is 0.391. The van der Waals surface area contributed by atoms with E-state index in [4.69, 9.17) is 4.74 Å². The van der Waals surface area contributed by atoms with Crippen LogP contribution in [0.1, 0.15) is 23.1 Å². The summed E-state index contributed by atoms with van der Waals surface area (Å²) >= 11 is 0. The van der Waals surface area contributed by atoms with E-state index in [9.17, 15) is 15.0 Å². The van der Waals surface area contributed by atoms with Crippen molar-refractivity contribution < 1.29 is 19.7 Å². The normalized spacial score (nSPS) is 16.0. The lowest BCUT2D eigenvalue weighted by Gasteiger charge is -2.38. The fourth-order valence-electron chi connectivity index (χ4n) is 4.14. The Morgan fingerprint density at radius 1 is 1.13 bits per heavy atom. The third-order valence-electron chi connectivity index (χ3n) is 5.93. The molecule has 3 aromatic rings. The van der Waals surface area contributed by atoms with Gasteiger partial charge in [-0.15, -0.1) is 0 Å². The molecule has 1 aliphatic heterocycles. The van der Waals surface area contributed by atoms with E-state index in [2.05, 4.69) is 33.8 Å². The van der Waals surface area contributed by atoms with E-state index in [1.165, 1.54) is 0 Å². The maximum absolute atomic E-state index is 11.3. The zero-order valence-corrected chi connectivity index (χ0v) is 17.9. The van der Waals surface area contributed by atoms with E-state index in [1.54, 1.807) is 25.3 Å². The molecule has 1 aromatic heterocycles. The van der Waals surface area contributed by atoms with Crippen molar-refractivity contribution in [2.45, 2.75) is 19.6 Å². The summed E-state index contributed by atoms with van der Waals surface area (Å²) < 4.78 is 7.44. The molecule has 8 nitrogen and oxygen atoms in total. The van der Waals surface area contributed by atoms with Crippen LogP contribution in [0.2, 0.25) is 0 Å². The average molecular weight is 425 g/mol. The largest absolute Gasteiger partial charge is 0.478 e. The van der Waals surface area contributed by atoms with Gasteiger partial charge in [0.05, 0.1) is 23.2 Å². The Balaban J connectivity index is 1.67. The number of hydrogen-bond donors (Lipinski definition) is 2. The molecular formula is C23H28N4O4. The highest BCUT2D eigenvalue weighted by Gasteiger charge is 2.22. The van der Waals surface area contributed by atoms with Crippen molar-refractivity contribution in [1.82, 2.24) is 14.5 Å². The van der Waals surface area contributed by atoms with Crippen LogP contribution in [-0.2, 0) is 11.2 Å². The standard InChI is InChI=1S/C23H28N4O4/c1-16(31-2)25-9-11-26(12-10-25)18-4-3-5-19(15-18)27-21-7-6-17(23(29)30)14-20(21)24-22(27)8-13-28/h3-7,14-16,28H,8-13H2,1-2H3,(H,29,30). The zero-order valence-electron chi connectivity index (χ0n) is 17.9. The quantitative estimate of drug-likeness (QED) is 0.602. The highest BCUT2D eigenvalue weighted by atomic mass is 16.5. The second kappa shape index (κ2) is 9.05. The first-order valence-corrected chi connectivity index (χ1v) is 10.5. The van der Waals surface area contributed by atoms with Gasteiger partial charge in [-0.1, -0.05) is 6.07 Å². The number of aliphatic hydroxyl groups is 1. The van der Waals surface area contributed by atoms with Gasteiger partial charge in [0.15, 0.2) is 0 Å². The third-order valence-corrected chi connectivity index (χ3v) is 5.93. The van der Waals surface area contributed by atoms with Gasteiger partial charge < -0.3 is 19.8 Å². The molecule has 2 heterocycles. The molecule has 4 rings (SSSR count). The Hall–Kier alpha value is -2.94. The summed E-state index contributed by atoms with van der Waals surface area (Å²) in [6, 6.07) is 13.2. The summed E-state index contributed by atoms with van der Waals surface area (Å²) in [6.07, 6.45) is 0.497. The number of nitrogens with zero attached hydrogens (tertiary/aromatic N) is 4. The first-order valence-electron chi connectivity index (χ1n) is 10.5. The number of carbonyl (C=O) groups is 1. The molecule has 164 valence electrons. The second-order valence-electron chi connectivity index (χ2n) is 7.72. The van der Waals surface area contributed by atoms with Crippen LogP contribution in [0.5, 0.6) is 0 Å². The van der Waals surface area contributed by atoms with Crippen LogP contribution in [0.4, 0.5) is 5.69 Å². The highest BCUT2D eigenvalue weighted by Crippen LogP contribution is 2.27. The Morgan fingerprint density at radius 3 is 2.55 bits per heavy atom. The van der Waals surface area contributed by atoms with Crippen molar-refractivity contribution >= 4 is 22.7 Å². The number of imidazole rings is 1. The fourth-order valence-corrected chi connectivity index (χ4v) is 4.14. The van der Waals surface area contributed by atoms with Crippen LogP contribution in [0.25, 0.3) is 16.7 Å². The van der Waals surface area contributed by atoms with Crippen molar-refractivity contribution in [3.05, 3.63) is 53.9 Å². The van der Waals surface area contributed by atoms with Crippen LogP contribution in [0.15, 0.2) is 42.5 Å². The highest BCUT2D eigenvalue weighted by molar-refractivity contribution is 5.93. The Kier molecular flexibility index (Phi) is 6.22. The van der Waals surface area contributed by atoms with Crippen molar-refractivity contribution in [3.8, 4) is 5.69 Å². The van der Waals surface area contributed by atoms with Gasteiger partial charge in [-0.25, -0.2) is 9.78 Å². The van der Waals surface area contributed by atoms with Gasteiger partial charge in [0.2, 0.25) is 0 Å². The van der Waals surface area contributed by atoms with E-state index in [1.807, 2.05) is 16.7 Å². The van der Waals surface area contributed by atoms with Crippen molar-refractivity contribution in [1.29, 1.82) is 0 Å². The lowest BCUT2D eigenvalue weighted by atomic mass is 10.2. The molecule has 2 N–H and O–H groups in total. The number of carboxylic acid groups (broad SMARTS) is 1. The maximum atomic E-state index is 11.3. The minimum absolute atomic E-state index is 0.0333. The molecule has 0 aliphatic carbocycles. The first-order chi connectivity index (χ1) is 15.0. The number of fused-ring (bicyclic) bond motifs is 1. The molecular weight excluding hydrogens is 396 g/mol. The number of aliphatic hydroxyl groups excluding tert-OH is 1. The number of anilines is 1. The Bertz CT molecular complexity index is 1070. The molecule has 8 heteroatoms. The molecule has 31 heavy (non-hydrogen) atoms. The number of benzene rings is 2. The minimum atomic E-state index is -0.982. The van der Waals surface area contributed by atoms with Gasteiger partial charge in [0.1, 0.15) is 12.1 Å². The van der Waals surface area contributed by atoms with E-state index in [0.29, 0.717) is 17.8 Å². The predicted molar refractivity (Wildman–Crippen MR) is 119 cm³/mol. The molecule has 1 fully saturated rings. The summed E-state index contributed by atoms with van der Waals surface area (Å²) in [5, 5.41) is 18.8. The predicted octanol–water partition coefficient (Wildman–Crippen LogP) is 2.37. The molecule has 1 atom stereocenters. The topological polar surface area (TPSA) is 91.1 Å². The molecule has 0 bridgehead atoms. The number of aromatic carboxylic acids is 1. The molecule has 0 amide bonds. The van der Waals surface area contributed by atoms with E-state index in [-0.39, 0.29) is 18.4 Å². The van der Waals surface area contributed by atoms with E-state index < -0.39 is 5.97 Å². The van der Waals surface area contributed by atoms with Crippen molar-refractivity contribution in [3.63, 3.8) is 0 Å². The van der Waals surface area contributed by atoms with E-state index in [0.717, 1.165) is 43.1 Å². The summed E-state index contributed by atoms with van der Waals surface area (Å²) in [5.41, 5.74) is 3.70. The van der Waals surface area contributed by atoms with Gasteiger partial charge in [0, 0.05) is 51.1 Å². The van der Waals surface area contributed by atoms with Gasteiger partial charge in [-0.3, -0.25) is 9.47 Å². The summed E-state index contributed by atoms with van der Waals surface area (Å²) in [6.45, 7) is 5.72. The number of methoxy groups -OCH3 is 1. The molecule has 0 spiro atoms. The molecule has 1 unspecified atom stereocenters. The van der Waals surface area contributed by atoms with Crippen molar-refractivity contribution in [2.24, 2.45) is 0 Å². The summed E-state index contributed by atoms with van der Waals surface area (Å²) in [4.78, 5) is 20.6. The lowest BCUT2D eigenvalue weighted by molar-refractivity contribution is -0.0212. The third kappa shape index (κ3) is 4.27. The van der Waals surface area contributed by atoms with Gasteiger partial charge in [-0.2, -0.15) is 0 Å². The molecule has 0 radical (unpaired) electrons. The molecule has 1 saturated heterocycles. The van der Waals surface area contributed by atoms with Crippen molar-refractivity contribution in [2.75, 3.05) is 44.8 Å². The monoisotopic (exact) mass is 424 g/mol. The van der Waals surface area contributed by atoms with Gasteiger partial charge in [-0.05, 0) is 43.3 Å². The maximum Gasteiger partial charge on any atom is 0.335 e. The van der Waals surface area contributed by atoms with Crippen LogP contribution in [-0.4, -0.2) is 76.8 Å². The average Bonchev–Trinajstić information content (AvgIpc) is 3.16. The number of aromatic nitrogens is 2.